The molecule has 2 aliphatic rings. The molecule has 0 spiro atoms. The van der Waals surface area contributed by atoms with E-state index in [0.29, 0.717) is 11.8 Å². The van der Waals surface area contributed by atoms with Gasteiger partial charge in [0.15, 0.2) is 0 Å². The summed E-state index contributed by atoms with van der Waals surface area (Å²) in [5.41, 5.74) is 3.54. The highest BCUT2D eigenvalue weighted by molar-refractivity contribution is 5.67. The number of hydrogen-bond donors (Lipinski definition) is 1. The topological polar surface area (TPSA) is 29.5 Å². The van der Waals surface area contributed by atoms with Gasteiger partial charge in [0.2, 0.25) is 0 Å². The number of benzene rings is 1. The number of methoxy groups -OCH3 is 1. The van der Waals surface area contributed by atoms with Crippen molar-refractivity contribution in [3.63, 3.8) is 0 Å². The van der Waals surface area contributed by atoms with E-state index >= 15 is 0 Å². The van der Waals surface area contributed by atoms with Crippen LogP contribution in [-0.2, 0) is 4.74 Å². The lowest BCUT2D eigenvalue weighted by Gasteiger charge is -2.41. The molecular formula is C24H22O2. The number of phenols is 1. The third-order valence-corrected chi connectivity index (χ3v) is 5.22. The van der Waals surface area contributed by atoms with E-state index in [1.165, 1.54) is 17.6 Å². The standard InChI is InChI=1S/C24H22O2/c1-4-5-6-7-10-18-15-17(2)21-13-9-14-22(18)23(21)24(26-3)19-11-8-12-20(25)16-19/h1,8,11-12,15-16,18,21-22,25H,9,13-14H2,2-3H3/b24-23-. The molecule has 0 amide bonds. The number of ether oxygens (including phenoxy) is 1. The number of phenolic OH excluding ortho intramolecular Hbond substituents is 1. The van der Waals surface area contributed by atoms with Gasteiger partial charge in [0.05, 0.1) is 7.11 Å². The van der Waals surface area contributed by atoms with Gasteiger partial charge >= 0.3 is 0 Å². The number of terminal acetylenes is 1. The molecule has 1 saturated carbocycles. The Bertz CT molecular complexity index is 919. The van der Waals surface area contributed by atoms with Crippen LogP contribution in [0.15, 0.2) is 41.5 Å². The molecule has 0 aliphatic heterocycles. The molecular weight excluding hydrogens is 320 g/mol. The van der Waals surface area contributed by atoms with Gasteiger partial charge in [0, 0.05) is 23.3 Å². The zero-order chi connectivity index (χ0) is 18.5. The second-order valence-electron chi connectivity index (χ2n) is 6.73. The predicted molar refractivity (Wildman–Crippen MR) is 104 cm³/mol. The van der Waals surface area contributed by atoms with Gasteiger partial charge in [-0.3, -0.25) is 0 Å². The second kappa shape index (κ2) is 7.91. The highest BCUT2D eigenvalue weighted by Gasteiger charge is 2.39. The quantitative estimate of drug-likeness (QED) is 0.491. The van der Waals surface area contributed by atoms with E-state index in [4.69, 9.17) is 11.2 Å². The van der Waals surface area contributed by atoms with Gasteiger partial charge in [0.1, 0.15) is 11.5 Å². The lowest BCUT2D eigenvalue weighted by molar-refractivity contribution is 0.308. The Hall–Kier alpha value is -3.02. The van der Waals surface area contributed by atoms with E-state index < -0.39 is 0 Å². The number of fused-ring (bicyclic) bond motifs is 2. The van der Waals surface area contributed by atoms with Crippen LogP contribution in [0.5, 0.6) is 5.75 Å². The number of hydrogen-bond acceptors (Lipinski definition) is 2. The average molecular weight is 342 g/mol. The Balaban J connectivity index is 2.11. The van der Waals surface area contributed by atoms with Crippen LogP contribution >= 0.6 is 0 Å². The van der Waals surface area contributed by atoms with Gasteiger partial charge in [-0.1, -0.05) is 36.1 Å². The molecule has 3 unspecified atom stereocenters. The summed E-state index contributed by atoms with van der Waals surface area (Å²) in [5, 5.41) is 9.89. The van der Waals surface area contributed by atoms with Gasteiger partial charge in [-0.2, -0.15) is 0 Å². The van der Waals surface area contributed by atoms with Crippen LogP contribution in [0.25, 0.3) is 5.76 Å². The molecule has 0 aromatic heterocycles. The van der Waals surface area contributed by atoms with Crippen molar-refractivity contribution in [2.75, 3.05) is 7.11 Å². The molecule has 1 N–H and O–H groups in total. The van der Waals surface area contributed by atoms with Crippen molar-refractivity contribution in [2.24, 2.45) is 17.8 Å². The molecule has 1 fully saturated rings. The Morgan fingerprint density at radius 1 is 1.23 bits per heavy atom. The third-order valence-electron chi connectivity index (χ3n) is 5.22. The maximum atomic E-state index is 9.89. The maximum Gasteiger partial charge on any atom is 0.126 e. The summed E-state index contributed by atoms with van der Waals surface area (Å²) < 4.78 is 5.85. The van der Waals surface area contributed by atoms with Crippen molar-refractivity contribution in [1.29, 1.82) is 0 Å². The fourth-order valence-corrected chi connectivity index (χ4v) is 4.18. The van der Waals surface area contributed by atoms with Crippen LogP contribution in [0.4, 0.5) is 0 Å². The number of aromatic hydroxyl groups is 1. The lowest BCUT2D eigenvalue weighted by Crippen LogP contribution is -2.31. The molecule has 2 nitrogen and oxygen atoms in total. The molecule has 0 heterocycles. The fourth-order valence-electron chi connectivity index (χ4n) is 4.18. The molecule has 3 atom stereocenters. The Morgan fingerprint density at radius 2 is 2.08 bits per heavy atom. The summed E-state index contributed by atoms with van der Waals surface area (Å²) in [6.07, 6.45) is 10.8. The van der Waals surface area contributed by atoms with Crippen LogP contribution in [-0.4, -0.2) is 12.2 Å². The highest BCUT2D eigenvalue weighted by Crippen LogP contribution is 2.49. The first-order valence-electron chi connectivity index (χ1n) is 8.87. The van der Waals surface area contributed by atoms with Crippen molar-refractivity contribution in [3.8, 4) is 41.8 Å². The minimum absolute atomic E-state index is 0.107. The smallest absolute Gasteiger partial charge is 0.126 e. The summed E-state index contributed by atoms with van der Waals surface area (Å²) in [7, 11) is 1.70. The van der Waals surface area contributed by atoms with Crippen molar-refractivity contribution in [2.45, 2.75) is 26.2 Å². The van der Waals surface area contributed by atoms with E-state index in [1.54, 1.807) is 19.2 Å². The molecule has 1 aromatic carbocycles. The van der Waals surface area contributed by atoms with Gasteiger partial charge in [0.25, 0.3) is 0 Å². The summed E-state index contributed by atoms with van der Waals surface area (Å²) in [6.45, 7) is 2.17. The molecule has 2 heteroatoms. The van der Waals surface area contributed by atoms with Gasteiger partial charge in [-0.05, 0) is 61.2 Å². The first-order chi connectivity index (χ1) is 12.7. The van der Waals surface area contributed by atoms with Crippen LogP contribution < -0.4 is 0 Å². The van der Waals surface area contributed by atoms with E-state index in [9.17, 15) is 5.11 Å². The first-order valence-corrected chi connectivity index (χ1v) is 8.87. The van der Waals surface area contributed by atoms with Gasteiger partial charge in [-0.15, -0.1) is 6.42 Å². The van der Waals surface area contributed by atoms with Crippen molar-refractivity contribution >= 4 is 5.76 Å². The third kappa shape index (κ3) is 3.49. The predicted octanol–water partition coefficient (Wildman–Crippen LogP) is 4.38. The Morgan fingerprint density at radius 3 is 2.81 bits per heavy atom. The molecule has 2 aliphatic carbocycles. The molecule has 2 bridgehead atoms. The average Bonchev–Trinajstić information content (AvgIpc) is 2.64. The molecule has 130 valence electrons. The van der Waals surface area contributed by atoms with E-state index in [2.05, 4.69) is 42.6 Å². The van der Waals surface area contributed by atoms with Crippen LogP contribution in [0.2, 0.25) is 0 Å². The minimum Gasteiger partial charge on any atom is -0.508 e. The highest BCUT2D eigenvalue weighted by atomic mass is 16.5. The Kier molecular flexibility index (Phi) is 5.41. The van der Waals surface area contributed by atoms with Crippen LogP contribution in [0.3, 0.4) is 0 Å². The monoisotopic (exact) mass is 342 g/mol. The maximum absolute atomic E-state index is 9.89. The van der Waals surface area contributed by atoms with Crippen molar-refractivity contribution in [3.05, 3.63) is 47.1 Å². The Labute approximate surface area is 156 Å². The largest absolute Gasteiger partial charge is 0.508 e. The summed E-state index contributed by atoms with van der Waals surface area (Å²) >= 11 is 0. The van der Waals surface area contributed by atoms with Gasteiger partial charge < -0.3 is 9.84 Å². The molecule has 26 heavy (non-hydrogen) atoms. The normalized spacial score (nSPS) is 25.4. The fraction of sp³-hybridized carbons (Fsp3) is 0.333. The number of allylic oxidation sites excluding steroid dienone is 3. The summed E-state index contributed by atoms with van der Waals surface area (Å²) in [4.78, 5) is 0. The molecule has 0 saturated heterocycles. The zero-order valence-corrected chi connectivity index (χ0v) is 15.2. The van der Waals surface area contributed by atoms with Crippen LogP contribution in [0, 0.1) is 53.8 Å². The number of rotatable bonds is 2. The lowest BCUT2D eigenvalue weighted by atomic mass is 9.64. The van der Waals surface area contributed by atoms with E-state index in [-0.39, 0.29) is 11.7 Å². The summed E-state index contributed by atoms with van der Waals surface area (Å²) in [6, 6.07) is 7.26. The molecule has 0 radical (unpaired) electrons. The molecule has 1 aromatic rings. The van der Waals surface area contributed by atoms with Crippen LogP contribution in [0.1, 0.15) is 31.7 Å². The zero-order valence-electron chi connectivity index (χ0n) is 15.2. The van der Waals surface area contributed by atoms with Gasteiger partial charge in [-0.25, -0.2) is 0 Å². The summed E-state index contributed by atoms with van der Waals surface area (Å²) in [5.74, 6) is 15.6. The van der Waals surface area contributed by atoms with Crippen molar-refractivity contribution in [1.82, 2.24) is 0 Å². The SMILES string of the molecule is C#CC#CC#CC1C=C(C)C2CCCC1/C2=C(\OC)c1cccc(O)c1. The molecule has 3 rings (SSSR count). The van der Waals surface area contributed by atoms with E-state index in [0.717, 1.165) is 24.2 Å². The van der Waals surface area contributed by atoms with Crippen molar-refractivity contribution < 1.29 is 9.84 Å². The minimum atomic E-state index is 0.107. The van der Waals surface area contributed by atoms with E-state index in [1.807, 2.05) is 12.1 Å². The second-order valence-corrected chi connectivity index (χ2v) is 6.73. The first kappa shape index (κ1) is 17.8.